The van der Waals surface area contributed by atoms with Crippen LogP contribution in [0.1, 0.15) is 23.2 Å². The van der Waals surface area contributed by atoms with E-state index >= 15 is 0 Å². The molecule has 0 bridgehead atoms. The fourth-order valence-electron chi connectivity index (χ4n) is 1.69. The maximum atomic E-state index is 11.8. The van der Waals surface area contributed by atoms with Crippen molar-refractivity contribution in [2.75, 3.05) is 6.54 Å². The molecule has 1 aliphatic rings. The predicted octanol–water partition coefficient (Wildman–Crippen LogP) is 0.743. The van der Waals surface area contributed by atoms with Crippen molar-refractivity contribution in [3.8, 4) is 0 Å². The number of hydrogen-bond acceptors (Lipinski definition) is 3. The van der Waals surface area contributed by atoms with Crippen LogP contribution < -0.4 is 10.6 Å². The third-order valence-electron chi connectivity index (χ3n) is 2.61. The van der Waals surface area contributed by atoms with Crippen LogP contribution in [0.3, 0.4) is 0 Å². The molecule has 2 rings (SSSR count). The van der Waals surface area contributed by atoms with Crippen LogP contribution >= 0.6 is 11.6 Å². The van der Waals surface area contributed by atoms with E-state index in [1.165, 1.54) is 12.4 Å². The fourth-order valence-corrected chi connectivity index (χ4v) is 1.88. The number of halogens is 1. The highest BCUT2D eigenvalue weighted by molar-refractivity contribution is 6.33. The molecular weight excluding hydrogens is 242 g/mol. The second-order valence-electron chi connectivity index (χ2n) is 3.87. The SMILES string of the molecule is O=C1CCC(CNC(=O)c2cnccc2Cl)N1. The van der Waals surface area contributed by atoms with Crippen LogP contribution in [0.5, 0.6) is 0 Å². The van der Waals surface area contributed by atoms with Gasteiger partial charge in [-0.05, 0) is 12.5 Å². The van der Waals surface area contributed by atoms with E-state index in [-0.39, 0.29) is 17.9 Å². The third kappa shape index (κ3) is 2.94. The number of nitrogens with one attached hydrogen (secondary N) is 2. The van der Waals surface area contributed by atoms with Crippen LogP contribution in [-0.4, -0.2) is 29.4 Å². The Bertz CT molecular complexity index is 450. The minimum atomic E-state index is -0.274. The number of rotatable bonds is 3. The number of aromatic nitrogens is 1. The van der Waals surface area contributed by atoms with Gasteiger partial charge in [0.25, 0.3) is 5.91 Å². The summed E-state index contributed by atoms with van der Waals surface area (Å²) in [6.07, 6.45) is 4.22. The Hall–Kier alpha value is -1.62. The van der Waals surface area contributed by atoms with Gasteiger partial charge in [0.05, 0.1) is 10.6 Å². The van der Waals surface area contributed by atoms with Crippen LogP contribution in [0.15, 0.2) is 18.5 Å². The number of pyridine rings is 1. The van der Waals surface area contributed by atoms with Crippen molar-refractivity contribution >= 4 is 23.4 Å². The Kier molecular flexibility index (Phi) is 3.58. The largest absolute Gasteiger partial charge is 0.352 e. The standard InChI is InChI=1S/C11H12ClN3O2/c12-9-3-4-13-6-8(9)11(17)14-5-7-1-2-10(16)15-7/h3-4,6-7H,1-2,5H2,(H,14,17)(H,15,16). The van der Waals surface area contributed by atoms with Gasteiger partial charge in [0.15, 0.2) is 0 Å². The minimum absolute atomic E-state index is 0.0156. The van der Waals surface area contributed by atoms with E-state index in [1.807, 2.05) is 0 Å². The highest BCUT2D eigenvalue weighted by atomic mass is 35.5. The Morgan fingerprint density at radius 1 is 1.65 bits per heavy atom. The van der Waals surface area contributed by atoms with Crippen molar-refractivity contribution in [3.05, 3.63) is 29.0 Å². The molecule has 0 radical (unpaired) electrons. The summed E-state index contributed by atoms with van der Waals surface area (Å²) < 4.78 is 0. The predicted molar refractivity (Wildman–Crippen MR) is 62.7 cm³/mol. The van der Waals surface area contributed by atoms with Crippen LogP contribution in [0, 0.1) is 0 Å². The maximum absolute atomic E-state index is 11.8. The zero-order valence-electron chi connectivity index (χ0n) is 9.07. The van der Waals surface area contributed by atoms with Gasteiger partial charge >= 0.3 is 0 Å². The molecule has 0 aromatic carbocycles. The zero-order valence-corrected chi connectivity index (χ0v) is 9.83. The van der Waals surface area contributed by atoms with Gasteiger partial charge in [-0.15, -0.1) is 0 Å². The van der Waals surface area contributed by atoms with Crippen molar-refractivity contribution in [3.63, 3.8) is 0 Å². The first-order chi connectivity index (χ1) is 8.16. The molecule has 6 heteroatoms. The van der Waals surface area contributed by atoms with Crippen molar-refractivity contribution in [1.29, 1.82) is 0 Å². The molecule has 0 spiro atoms. The summed E-state index contributed by atoms with van der Waals surface area (Å²) in [6.45, 7) is 0.412. The highest BCUT2D eigenvalue weighted by Crippen LogP contribution is 2.13. The molecule has 1 fully saturated rings. The number of amides is 2. The number of nitrogens with zero attached hydrogens (tertiary/aromatic N) is 1. The van der Waals surface area contributed by atoms with Crippen molar-refractivity contribution in [2.24, 2.45) is 0 Å². The van der Waals surface area contributed by atoms with Gasteiger partial charge in [0, 0.05) is 31.4 Å². The third-order valence-corrected chi connectivity index (χ3v) is 2.94. The first-order valence-electron chi connectivity index (χ1n) is 5.34. The highest BCUT2D eigenvalue weighted by Gasteiger charge is 2.21. The van der Waals surface area contributed by atoms with Gasteiger partial charge in [-0.25, -0.2) is 0 Å². The second-order valence-corrected chi connectivity index (χ2v) is 4.28. The molecule has 1 atom stereocenters. The number of hydrogen-bond donors (Lipinski definition) is 2. The molecule has 5 nitrogen and oxygen atoms in total. The lowest BCUT2D eigenvalue weighted by atomic mass is 10.2. The molecule has 17 heavy (non-hydrogen) atoms. The molecule has 1 saturated heterocycles. The molecule has 1 unspecified atom stereocenters. The molecule has 1 aromatic heterocycles. The van der Waals surface area contributed by atoms with Gasteiger partial charge < -0.3 is 10.6 Å². The van der Waals surface area contributed by atoms with Gasteiger partial charge in [-0.1, -0.05) is 11.6 Å². The van der Waals surface area contributed by atoms with E-state index in [9.17, 15) is 9.59 Å². The molecule has 90 valence electrons. The average Bonchev–Trinajstić information content (AvgIpc) is 2.73. The maximum Gasteiger partial charge on any atom is 0.254 e. The van der Waals surface area contributed by atoms with E-state index in [2.05, 4.69) is 15.6 Å². The molecule has 0 saturated carbocycles. The molecular formula is C11H12ClN3O2. The smallest absolute Gasteiger partial charge is 0.254 e. The van der Waals surface area contributed by atoms with Crippen molar-refractivity contribution in [1.82, 2.24) is 15.6 Å². The van der Waals surface area contributed by atoms with E-state index in [4.69, 9.17) is 11.6 Å². The van der Waals surface area contributed by atoms with Crippen LogP contribution in [-0.2, 0) is 4.79 Å². The summed E-state index contributed by atoms with van der Waals surface area (Å²) in [5, 5.41) is 5.87. The Labute approximate surface area is 104 Å². The lowest BCUT2D eigenvalue weighted by Crippen LogP contribution is -2.38. The lowest BCUT2D eigenvalue weighted by molar-refractivity contribution is -0.119. The average molecular weight is 254 g/mol. The number of carbonyl (C=O) groups excluding carboxylic acids is 2. The van der Waals surface area contributed by atoms with E-state index in [1.54, 1.807) is 6.07 Å². The van der Waals surface area contributed by atoms with Crippen molar-refractivity contribution < 1.29 is 9.59 Å². The summed E-state index contributed by atoms with van der Waals surface area (Å²) in [5.74, 6) is -0.243. The summed E-state index contributed by atoms with van der Waals surface area (Å²) >= 11 is 5.87. The van der Waals surface area contributed by atoms with Gasteiger partial charge in [-0.2, -0.15) is 0 Å². The normalized spacial score (nSPS) is 18.9. The summed E-state index contributed by atoms with van der Waals surface area (Å²) in [5.41, 5.74) is 0.346. The van der Waals surface area contributed by atoms with Crippen LogP contribution in [0.4, 0.5) is 0 Å². The number of carbonyl (C=O) groups is 2. The molecule has 1 aromatic rings. The first-order valence-corrected chi connectivity index (χ1v) is 5.71. The van der Waals surface area contributed by atoms with Gasteiger partial charge in [0.1, 0.15) is 0 Å². The van der Waals surface area contributed by atoms with E-state index < -0.39 is 0 Å². The molecule has 2 N–H and O–H groups in total. The fraction of sp³-hybridized carbons (Fsp3) is 0.364. The Morgan fingerprint density at radius 3 is 3.12 bits per heavy atom. The summed E-state index contributed by atoms with van der Waals surface area (Å²) in [4.78, 5) is 26.6. The zero-order chi connectivity index (χ0) is 12.3. The molecule has 0 aliphatic carbocycles. The molecule has 2 heterocycles. The van der Waals surface area contributed by atoms with E-state index in [0.29, 0.717) is 23.6 Å². The molecule has 2 amide bonds. The van der Waals surface area contributed by atoms with Crippen LogP contribution in [0.2, 0.25) is 5.02 Å². The summed E-state index contributed by atoms with van der Waals surface area (Å²) in [6, 6.07) is 1.58. The van der Waals surface area contributed by atoms with E-state index in [0.717, 1.165) is 6.42 Å². The minimum Gasteiger partial charge on any atom is -0.352 e. The summed E-state index contributed by atoms with van der Waals surface area (Å²) in [7, 11) is 0. The Morgan fingerprint density at radius 2 is 2.47 bits per heavy atom. The van der Waals surface area contributed by atoms with Crippen LogP contribution in [0.25, 0.3) is 0 Å². The lowest BCUT2D eigenvalue weighted by Gasteiger charge is -2.11. The van der Waals surface area contributed by atoms with Crippen molar-refractivity contribution in [2.45, 2.75) is 18.9 Å². The molecule has 1 aliphatic heterocycles. The quantitative estimate of drug-likeness (QED) is 0.835. The Balaban J connectivity index is 1.90. The second kappa shape index (κ2) is 5.14. The first kappa shape index (κ1) is 11.9. The van der Waals surface area contributed by atoms with Gasteiger partial charge in [-0.3, -0.25) is 14.6 Å². The topological polar surface area (TPSA) is 71.1 Å². The monoisotopic (exact) mass is 253 g/mol. The van der Waals surface area contributed by atoms with Gasteiger partial charge in [0.2, 0.25) is 5.91 Å².